The van der Waals surface area contributed by atoms with E-state index in [9.17, 15) is 9.90 Å². The lowest BCUT2D eigenvalue weighted by molar-refractivity contribution is -0.925. The van der Waals surface area contributed by atoms with Gasteiger partial charge in [-0.25, -0.2) is 0 Å². The number of rotatable bonds is 7. The predicted octanol–water partition coefficient (Wildman–Crippen LogP) is 3.69. The molecule has 164 valence electrons. The fourth-order valence-electron chi connectivity index (χ4n) is 5.89. The van der Waals surface area contributed by atoms with Gasteiger partial charge in [0.1, 0.15) is 6.04 Å². The van der Waals surface area contributed by atoms with Gasteiger partial charge in [0.15, 0.2) is 11.7 Å². The Hall–Kier alpha value is -3.02. The van der Waals surface area contributed by atoms with Crippen molar-refractivity contribution in [3.63, 3.8) is 0 Å². The lowest BCUT2D eigenvalue weighted by Gasteiger charge is -2.44. The smallest absolute Gasteiger partial charge is 0.293 e. The first-order valence-corrected chi connectivity index (χ1v) is 11.3. The first kappa shape index (κ1) is 20.9. The quantitative estimate of drug-likeness (QED) is 0.460. The molecule has 0 radical (unpaired) electrons. The van der Waals surface area contributed by atoms with Gasteiger partial charge in [-0.3, -0.25) is 9.78 Å². The normalized spacial score (nSPS) is 23.9. The fraction of sp³-hybridized carbons (Fsp3) is 0.333. The van der Waals surface area contributed by atoms with Crippen molar-refractivity contribution in [2.45, 2.75) is 37.0 Å². The molecule has 1 aliphatic carbocycles. The van der Waals surface area contributed by atoms with Gasteiger partial charge in [-0.15, -0.1) is 0 Å². The van der Waals surface area contributed by atoms with Crippen molar-refractivity contribution in [2.24, 2.45) is 0 Å². The third-order valence-corrected chi connectivity index (χ3v) is 7.50. The summed E-state index contributed by atoms with van der Waals surface area (Å²) in [7, 11) is 2.22. The second kappa shape index (κ2) is 8.15. The number of quaternary nitrogens is 1. The lowest BCUT2D eigenvalue weighted by atomic mass is 9.81. The summed E-state index contributed by atoms with van der Waals surface area (Å²) < 4.78 is 6.55. The Morgan fingerprint density at radius 3 is 2.38 bits per heavy atom. The molecular formula is C27H29N2O3+. The second-order valence-corrected chi connectivity index (χ2v) is 9.22. The lowest BCUT2D eigenvalue weighted by Crippen LogP contribution is -2.60. The minimum atomic E-state index is -1.38. The molecule has 2 heterocycles. The molecule has 1 saturated heterocycles. The van der Waals surface area contributed by atoms with E-state index < -0.39 is 11.7 Å². The molecule has 0 amide bonds. The number of aliphatic hydroxyl groups is 1. The van der Waals surface area contributed by atoms with Gasteiger partial charge in [0.05, 0.1) is 20.1 Å². The Morgan fingerprint density at radius 2 is 1.75 bits per heavy atom. The monoisotopic (exact) mass is 429 g/mol. The second-order valence-electron chi connectivity index (χ2n) is 9.22. The van der Waals surface area contributed by atoms with Crippen LogP contribution in [0.15, 0.2) is 72.9 Å². The molecule has 32 heavy (non-hydrogen) atoms. The highest BCUT2D eigenvalue weighted by Crippen LogP contribution is 2.52. The minimum Gasteiger partial charge on any atom is -0.454 e. The number of pyridine rings is 1. The topological polar surface area (TPSA) is 59.4 Å². The molecule has 3 aromatic rings. The van der Waals surface area contributed by atoms with E-state index in [0.29, 0.717) is 6.47 Å². The summed E-state index contributed by atoms with van der Waals surface area (Å²) in [5.74, 6) is 0. The largest absolute Gasteiger partial charge is 0.454 e. The molecule has 5 nitrogen and oxygen atoms in total. The highest BCUT2D eigenvalue weighted by molar-refractivity contribution is 5.80. The molecular weight excluding hydrogens is 400 g/mol. The molecule has 2 aliphatic rings. The number of hydrogen-bond donors (Lipinski definition) is 1. The van der Waals surface area contributed by atoms with Crippen molar-refractivity contribution in [1.29, 1.82) is 0 Å². The van der Waals surface area contributed by atoms with Crippen molar-refractivity contribution >= 4 is 6.47 Å². The number of carbonyl (C=O) groups excluding carboxylic acids is 1. The van der Waals surface area contributed by atoms with Crippen LogP contribution in [-0.2, 0) is 21.6 Å². The molecule has 0 saturated carbocycles. The Balaban J connectivity index is 1.55. The van der Waals surface area contributed by atoms with Gasteiger partial charge in [0, 0.05) is 31.2 Å². The minimum absolute atomic E-state index is 0.0203. The summed E-state index contributed by atoms with van der Waals surface area (Å²) in [5, 5.41) is 12.4. The van der Waals surface area contributed by atoms with Crippen LogP contribution in [0.4, 0.5) is 0 Å². The maximum Gasteiger partial charge on any atom is 0.293 e. The summed E-state index contributed by atoms with van der Waals surface area (Å²) in [6, 6.07) is 21.8. The van der Waals surface area contributed by atoms with Gasteiger partial charge in [-0.2, -0.15) is 0 Å². The SMILES string of the molecule is C[N+]1(CCc2ccccn2)CCCC1C(OC=O)C1(O)c2ccccc2-c2ccccc21. The van der Waals surface area contributed by atoms with Crippen LogP contribution in [0, 0.1) is 0 Å². The number of hydrogen-bond acceptors (Lipinski definition) is 4. The van der Waals surface area contributed by atoms with Gasteiger partial charge in [0.25, 0.3) is 6.47 Å². The van der Waals surface area contributed by atoms with Crippen molar-refractivity contribution in [1.82, 2.24) is 4.98 Å². The van der Waals surface area contributed by atoms with Gasteiger partial charge >= 0.3 is 0 Å². The maximum atomic E-state index is 12.4. The van der Waals surface area contributed by atoms with E-state index in [1.807, 2.05) is 72.9 Å². The van der Waals surface area contributed by atoms with Gasteiger partial charge in [-0.1, -0.05) is 54.6 Å². The fourth-order valence-corrected chi connectivity index (χ4v) is 5.89. The number of fused-ring (bicyclic) bond motifs is 3. The summed E-state index contributed by atoms with van der Waals surface area (Å²) in [6.45, 7) is 2.36. The molecule has 3 atom stereocenters. The highest BCUT2D eigenvalue weighted by Gasteiger charge is 2.57. The van der Waals surface area contributed by atoms with E-state index in [4.69, 9.17) is 4.74 Å². The highest BCUT2D eigenvalue weighted by atomic mass is 16.5. The van der Waals surface area contributed by atoms with E-state index in [1.54, 1.807) is 0 Å². The predicted molar refractivity (Wildman–Crippen MR) is 123 cm³/mol. The molecule has 5 rings (SSSR count). The summed E-state index contributed by atoms with van der Waals surface area (Å²) in [6.07, 6.45) is 3.91. The van der Waals surface area contributed by atoms with Crippen molar-refractivity contribution in [3.05, 3.63) is 89.7 Å². The summed E-state index contributed by atoms with van der Waals surface area (Å²) in [4.78, 5) is 16.2. The third kappa shape index (κ3) is 3.24. The van der Waals surface area contributed by atoms with E-state index >= 15 is 0 Å². The number of benzene rings is 2. The van der Waals surface area contributed by atoms with Crippen LogP contribution < -0.4 is 0 Å². The molecule has 0 bridgehead atoms. The molecule has 1 N–H and O–H groups in total. The number of likely N-dealkylation sites (tertiary alicyclic amines) is 1. The molecule has 5 heteroatoms. The number of aromatic nitrogens is 1. The van der Waals surface area contributed by atoms with Crippen molar-refractivity contribution in [2.75, 3.05) is 20.1 Å². The average molecular weight is 430 g/mol. The zero-order valence-corrected chi connectivity index (χ0v) is 18.4. The van der Waals surface area contributed by atoms with Crippen LogP contribution in [0.1, 0.15) is 29.7 Å². The molecule has 1 fully saturated rings. The number of nitrogens with zero attached hydrogens (tertiary/aromatic N) is 2. The van der Waals surface area contributed by atoms with Crippen LogP contribution in [0.2, 0.25) is 0 Å². The van der Waals surface area contributed by atoms with Crippen LogP contribution in [0.25, 0.3) is 11.1 Å². The van der Waals surface area contributed by atoms with Crippen LogP contribution in [-0.4, -0.2) is 53.3 Å². The number of carbonyl (C=O) groups is 1. The Morgan fingerprint density at radius 1 is 1.09 bits per heavy atom. The summed E-state index contributed by atoms with van der Waals surface area (Å²) in [5.41, 5.74) is 3.32. The van der Waals surface area contributed by atoms with E-state index in [1.165, 1.54) is 0 Å². The average Bonchev–Trinajstić information content (AvgIpc) is 3.34. The van der Waals surface area contributed by atoms with Crippen LogP contribution in [0.3, 0.4) is 0 Å². The zero-order valence-electron chi connectivity index (χ0n) is 18.4. The van der Waals surface area contributed by atoms with Crippen LogP contribution >= 0.6 is 0 Å². The first-order chi connectivity index (χ1) is 15.6. The molecule has 0 spiro atoms. The molecule has 2 aromatic carbocycles. The van der Waals surface area contributed by atoms with E-state index in [0.717, 1.165) is 64.8 Å². The number of likely N-dealkylation sites (N-methyl/N-ethyl adjacent to an activating group) is 1. The first-order valence-electron chi connectivity index (χ1n) is 11.3. The van der Waals surface area contributed by atoms with Crippen molar-refractivity contribution < 1.29 is 19.1 Å². The Labute approximate surface area is 188 Å². The van der Waals surface area contributed by atoms with Gasteiger partial charge < -0.3 is 14.3 Å². The molecule has 1 aromatic heterocycles. The van der Waals surface area contributed by atoms with E-state index in [-0.39, 0.29) is 6.04 Å². The van der Waals surface area contributed by atoms with Crippen molar-refractivity contribution in [3.8, 4) is 11.1 Å². The van der Waals surface area contributed by atoms with Gasteiger partial charge in [0.2, 0.25) is 0 Å². The van der Waals surface area contributed by atoms with Gasteiger partial charge in [-0.05, 0) is 34.4 Å². The standard InChI is InChI=1S/C27H29N2O3/c1-29(18-15-20-9-6-7-16-28-20)17-8-14-25(29)26(32-19-30)27(31)23-12-4-2-10-21(23)22-11-3-5-13-24(22)27/h2-7,9-13,16,19,25-26,31H,8,14-15,17-18H2,1H3/q+1. The van der Waals surface area contributed by atoms with E-state index in [2.05, 4.69) is 12.0 Å². The van der Waals surface area contributed by atoms with Crippen LogP contribution in [0.5, 0.6) is 0 Å². The molecule has 1 aliphatic heterocycles. The summed E-state index contributed by atoms with van der Waals surface area (Å²) >= 11 is 0. The zero-order chi connectivity index (χ0) is 22.2. The maximum absolute atomic E-state index is 12.4. The number of ether oxygens (including phenoxy) is 1. The molecule has 3 unspecified atom stereocenters. The third-order valence-electron chi connectivity index (χ3n) is 7.50. The Kier molecular flexibility index (Phi) is 5.31. The Bertz CT molecular complexity index is 1070.